The molecule has 5 heteroatoms. The summed E-state index contributed by atoms with van der Waals surface area (Å²) >= 11 is 0. The van der Waals surface area contributed by atoms with E-state index in [2.05, 4.69) is 15.4 Å². The molecule has 2 aliphatic rings. The summed E-state index contributed by atoms with van der Waals surface area (Å²) in [7, 11) is 0. The van der Waals surface area contributed by atoms with Crippen LogP contribution < -0.4 is 5.32 Å². The Kier molecular flexibility index (Phi) is 4.07. The minimum absolute atomic E-state index is 0. The third kappa shape index (κ3) is 2.81. The first kappa shape index (κ1) is 12.9. The molecule has 1 aromatic heterocycles. The first-order valence-electron chi connectivity index (χ1n) is 6.16. The van der Waals surface area contributed by atoms with Crippen LogP contribution in [0.3, 0.4) is 0 Å². The summed E-state index contributed by atoms with van der Waals surface area (Å²) in [5.74, 6) is 2.67. The van der Waals surface area contributed by atoms with E-state index in [1.807, 2.05) is 13.0 Å². The van der Waals surface area contributed by atoms with E-state index in [-0.39, 0.29) is 12.4 Å². The van der Waals surface area contributed by atoms with Crippen LogP contribution in [0.4, 0.5) is 0 Å². The van der Waals surface area contributed by atoms with Crippen LogP contribution in [0.2, 0.25) is 0 Å². The molecule has 0 bridgehead atoms. The number of halogens is 1. The topological polar surface area (TPSA) is 41.3 Å². The normalized spacial score (nSPS) is 28.8. The first-order chi connectivity index (χ1) is 7.81. The number of nitrogens with zero attached hydrogens (tertiary/aromatic N) is 2. The molecule has 0 aliphatic carbocycles. The van der Waals surface area contributed by atoms with Crippen molar-refractivity contribution in [1.29, 1.82) is 0 Å². The number of fused-ring (bicyclic) bond motifs is 1. The fourth-order valence-corrected chi connectivity index (χ4v) is 2.98. The summed E-state index contributed by atoms with van der Waals surface area (Å²) < 4.78 is 5.10. The van der Waals surface area contributed by atoms with Gasteiger partial charge in [-0.15, -0.1) is 12.4 Å². The molecule has 2 saturated heterocycles. The molecule has 17 heavy (non-hydrogen) atoms. The van der Waals surface area contributed by atoms with E-state index in [4.69, 9.17) is 4.52 Å². The minimum Gasteiger partial charge on any atom is -0.361 e. The third-order valence-electron chi connectivity index (χ3n) is 3.85. The Morgan fingerprint density at radius 1 is 1.47 bits per heavy atom. The van der Waals surface area contributed by atoms with Crippen molar-refractivity contribution in [3.05, 3.63) is 17.5 Å². The van der Waals surface area contributed by atoms with Gasteiger partial charge in [0.15, 0.2) is 0 Å². The molecule has 3 rings (SSSR count). The Labute approximate surface area is 108 Å². The van der Waals surface area contributed by atoms with Crippen molar-refractivity contribution in [3.63, 3.8) is 0 Å². The Bertz CT molecular complexity index is 368. The zero-order chi connectivity index (χ0) is 11.0. The maximum absolute atomic E-state index is 5.10. The van der Waals surface area contributed by atoms with Crippen molar-refractivity contribution in [1.82, 2.24) is 15.4 Å². The molecule has 96 valence electrons. The molecule has 2 unspecified atom stereocenters. The highest BCUT2D eigenvalue weighted by Gasteiger charge is 2.32. The van der Waals surface area contributed by atoms with Gasteiger partial charge in [-0.25, -0.2) is 0 Å². The number of aromatic nitrogens is 1. The lowest BCUT2D eigenvalue weighted by Crippen LogP contribution is -2.39. The summed E-state index contributed by atoms with van der Waals surface area (Å²) in [6.07, 6.45) is 1.33. The fourth-order valence-electron chi connectivity index (χ4n) is 2.98. The van der Waals surface area contributed by atoms with Gasteiger partial charge < -0.3 is 9.84 Å². The van der Waals surface area contributed by atoms with E-state index in [9.17, 15) is 0 Å². The maximum atomic E-state index is 5.10. The zero-order valence-corrected chi connectivity index (χ0v) is 11.0. The van der Waals surface area contributed by atoms with Crippen molar-refractivity contribution in [2.45, 2.75) is 19.9 Å². The maximum Gasteiger partial charge on any atom is 0.133 e. The summed E-state index contributed by atoms with van der Waals surface area (Å²) in [6, 6.07) is 2.04. The number of likely N-dealkylation sites (tertiary alicyclic amines) is 1. The number of hydrogen-bond acceptors (Lipinski definition) is 4. The lowest BCUT2D eigenvalue weighted by molar-refractivity contribution is 0.139. The van der Waals surface area contributed by atoms with Crippen molar-refractivity contribution in [2.75, 3.05) is 26.2 Å². The molecule has 0 radical (unpaired) electrons. The number of rotatable bonds is 2. The Morgan fingerprint density at radius 3 is 3.06 bits per heavy atom. The molecule has 1 aromatic rings. The highest BCUT2D eigenvalue weighted by Crippen LogP contribution is 2.27. The molecule has 0 saturated carbocycles. The average Bonchev–Trinajstić information content (AvgIpc) is 2.87. The minimum atomic E-state index is 0. The van der Waals surface area contributed by atoms with Crippen molar-refractivity contribution >= 4 is 12.4 Å². The van der Waals surface area contributed by atoms with Gasteiger partial charge in [0.2, 0.25) is 0 Å². The van der Waals surface area contributed by atoms with E-state index in [1.165, 1.54) is 32.6 Å². The van der Waals surface area contributed by atoms with Crippen LogP contribution in [0.15, 0.2) is 10.6 Å². The van der Waals surface area contributed by atoms with Gasteiger partial charge >= 0.3 is 0 Å². The van der Waals surface area contributed by atoms with Gasteiger partial charge in [0.25, 0.3) is 0 Å². The zero-order valence-electron chi connectivity index (χ0n) is 10.2. The molecular weight excluding hydrogens is 238 g/mol. The largest absolute Gasteiger partial charge is 0.361 e. The second-order valence-electron chi connectivity index (χ2n) is 5.13. The van der Waals surface area contributed by atoms with Crippen LogP contribution in [0, 0.1) is 18.8 Å². The summed E-state index contributed by atoms with van der Waals surface area (Å²) in [4.78, 5) is 2.51. The van der Waals surface area contributed by atoms with E-state index >= 15 is 0 Å². The Morgan fingerprint density at radius 2 is 2.29 bits per heavy atom. The average molecular weight is 258 g/mol. The number of aryl methyl sites for hydroxylation is 1. The van der Waals surface area contributed by atoms with Crippen molar-refractivity contribution in [3.8, 4) is 0 Å². The SMILES string of the molecule is Cc1cc(CN2CCC3CNCC3C2)no1.Cl. The lowest BCUT2D eigenvalue weighted by Gasteiger charge is -2.33. The van der Waals surface area contributed by atoms with Crippen LogP contribution in [-0.4, -0.2) is 36.2 Å². The van der Waals surface area contributed by atoms with E-state index in [0.29, 0.717) is 0 Å². The van der Waals surface area contributed by atoms with Crippen LogP contribution in [0.25, 0.3) is 0 Å². The predicted octanol–water partition coefficient (Wildman–Crippen LogP) is 1.45. The molecule has 0 amide bonds. The van der Waals surface area contributed by atoms with Crippen LogP contribution in [0.5, 0.6) is 0 Å². The van der Waals surface area contributed by atoms with Crippen molar-refractivity contribution < 1.29 is 4.52 Å². The van der Waals surface area contributed by atoms with E-state index < -0.39 is 0 Å². The molecule has 3 heterocycles. The summed E-state index contributed by atoms with van der Waals surface area (Å²) in [5, 5.41) is 7.56. The highest BCUT2D eigenvalue weighted by atomic mass is 35.5. The number of hydrogen-bond donors (Lipinski definition) is 1. The van der Waals surface area contributed by atoms with Gasteiger partial charge in [0.1, 0.15) is 5.76 Å². The molecule has 2 aliphatic heterocycles. The second kappa shape index (κ2) is 5.38. The van der Waals surface area contributed by atoms with Gasteiger partial charge in [-0.2, -0.15) is 0 Å². The van der Waals surface area contributed by atoms with Crippen LogP contribution >= 0.6 is 12.4 Å². The molecule has 1 N–H and O–H groups in total. The standard InChI is InChI=1S/C12H19N3O.ClH/c1-9-4-12(14-16-9)8-15-3-2-10-5-13-6-11(10)7-15;/h4,10-11,13H,2-3,5-8H2,1H3;1H. The quantitative estimate of drug-likeness (QED) is 0.871. The summed E-state index contributed by atoms with van der Waals surface area (Å²) in [5.41, 5.74) is 1.07. The van der Waals surface area contributed by atoms with Gasteiger partial charge in [0, 0.05) is 19.2 Å². The highest BCUT2D eigenvalue weighted by molar-refractivity contribution is 5.85. The second-order valence-corrected chi connectivity index (χ2v) is 5.13. The molecular formula is C12H20ClN3O. The van der Waals surface area contributed by atoms with Gasteiger partial charge in [0.05, 0.1) is 5.69 Å². The van der Waals surface area contributed by atoms with E-state index in [0.717, 1.165) is 29.8 Å². The lowest BCUT2D eigenvalue weighted by atomic mass is 9.89. The first-order valence-corrected chi connectivity index (χ1v) is 6.16. The monoisotopic (exact) mass is 257 g/mol. The molecule has 0 spiro atoms. The molecule has 0 aromatic carbocycles. The molecule has 2 atom stereocenters. The van der Waals surface area contributed by atoms with Gasteiger partial charge in [-0.3, -0.25) is 4.90 Å². The predicted molar refractivity (Wildman–Crippen MR) is 68.2 cm³/mol. The number of nitrogens with one attached hydrogen (secondary N) is 1. The molecule has 4 nitrogen and oxygen atoms in total. The fraction of sp³-hybridized carbons (Fsp3) is 0.750. The Hall–Kier alpha value is -0.580. The van der Waals surface area contributed by atoms with E-state index in [1.54, 1.807) is 0 Å². The Balaban J connectivity index is 0.00000108. The smallest absolute Gasteiger partial charge is 0.133 e. The van der Waals surface area contributed by atoms with Crippen LogP contribution in [0.1, 0.15) is 17.9 Å². The van der Waals surface area contributed by atoms with Gasteiger partial charge in [-0.1, -0.05) is 5.16 Å². The third-order valence-corrected chi connectivity index (χ3v) is 3.85. The summed E-state index contributed by atoms with van der Waals surface area (Å²) in [6.45, 7) is 7.73. The molecule has 2 fully saturated rings. The van der Waals surface area contributed by atoms with Crippen LogP contribution in [-0.2, 0) is 6.54 Å². The number of piperidine rings is 1. The van der Waals surface area contributed by atoms with Crippen molar-refractivity contribution in [2.24, 2.45) is 11.8 Å². The van der Waals surface area contributed by atoms with Gasteiger partial charge in [-0.05, 0) is 44.8 Å².